The third kappa shape index (κ3) is 4.61. The van der Waals surface area contributed by atoms with E-state index < -0.39 is 5.97 Å². The Morgan fingerprint density at radius 3 is 2.42 bits per heavy atom. The number of fused-ring (bicyclic) bond motifs is 9. The van der Waals surface area contributed by atoms with Crippen LogP contribution in [0.25, 0.3) is 5.57 Å². The molecule has 262 valence electrons. The lowest BCUT2D eigenvalue weighted by Gasteiger charge is -2.72. The normalized spacial score (nSPS) is 45.9. The Hall–Kier alpha value is -1.95. The number of carboxylic acids is 1. The quantitative estimate of drug-likeness (QED) is 0.258. The molecule has 2 heterocycles. The van der Waals surface area contributed by atoms with E-state index in [-0.39, 0.29) is 16.4 Å². The second-order valence-corrected chi connectivity index (χ2v) is 19.2. The molecule has 0 unspecified atom stereocenters. The van der Waals surface area contributed by atoms with Crippen LogP contribution in [0.5, 0.6) is 0 Å². The zero-order valence-corrected chi connectivity index (χ0v) is 30.8. The van der Waals surface area contributed by atoms with Gasteiger partial charge in [-0.2, -0.15) is 0 Å². The van der Waals surface area contributed by atoms with E-state index in [1.807, 2.05) is 12.1 Å². The van der Waals surface area contributed by atoms with Gasteiger partial charge in [-0.1, -0.05) is 65.0 Å². The molecule has 1 aromatic carbocycles. The number of rotatable bonds is 7. The number of hydrogen-bond acceptors (Lipinski definition) is 4. The highest BCUT2D eigenvalue weighted by Gasteiger charge is 2.70. The van der Waals surface area contributed by atoms with Gasteiger partial charge in [0.1, 0.15) is 0 Å². The lowest BCUT2D eigenvalue weighted by molar-refractivity contribution is -0.219. The molecule has 0 aromatic heterocycles. The summed E-state index contributed by atoms with van der Waals surface area (Å²) in [5, 5.41) is 17.5. The maximum atomic E-state index is 11.6. The molecule has 1 aromatic rings. The summed E-state index contributed by atoms with van der Waals surface area (Å²) >= 11 is 0. The van der Waals surface area contributed by atoms with Crippen LogP contribution >= 0.6 is 0 Å². The predicted molar refractivity (Wildman–Crippen MR) is 196 cm³/mol. The molecule has 3 N–H and O–H groups in total. The van der Waals surface area contributed by atoms with E-state index >= 15 is 0 Å². The average Bonchev–Trinajstić information content (AvgIpc) is 3.76. The predicted octanol–water partition coefficient (Wildman–Crippen LogP) is 8.42. The van der Waals surface area contributed by atoms with Crippen LogP contribution in [0.15, 0.2) is 42.5 Å². The van der Waals surface area contributed by atoms with Crippen molar-refractivity contribution in [3.63, 3.8) is 0 Å². The molecular weight excluding hydrogens is 590 g/mol. The van der Waals surface area contributed by atoms with E-state index in [1.165, 1.54) is 94.1 Å². The molecular formula is C43H63N3O2. The Morgan fingerprint density at radius 1 is 0.979 bits per heavy atom. The van der Waals surface area contributed by atoms with Crippen molar-refractivity contribution < 1.29 is 9.90 Å². The first-order valence-electron chi connectivity index (χ1n) is 19.7. The molecule has 5 nitrogen and oxygen atoms in total. The van der Waals surface area contributed by atoms with Crippen LogP contribution in [0.2, 0.25) is 0 Å². The number of hydrogen-bond donors (Lipinski definition) is 3. The average molecular weight is 654 g/mol. The third-order valence-electron chi connectivity index (χ3n) is 17.1. The molecule has 2 bridgehead atoms. The summed E-state index contributed by atoms with van der Waals surface area (Å²) < 4.78 is 0. The topological polar surface area (TPSA) is 64.6 Å². The SMILES string of the molecule is C=C(C)[C@@H]1CC[C@]2(NCCN3C[C@@H]4C[C@@H]3CN4)CC[C@]3(C)[C@H](CC[C@@H]4[C@@]5(C)CC=C(c6ccc(C(=O)O)cc6)C(C)(C)[C@@H]5CC[C@]43C)[C@@H]12. The number of carboxylic acid groups (broad SMARTS) is 1. The Morgan fingerprint density at radius 2 is 1.75 bits per heavy atom. The van der Waals surface area contributed by atoms with Crippen LogP contribution in [0.1, 0.15) is 122 Å². The smallest absolute Gasteiger partial charge is 0.335 e. The minimum absolute atomic E-state index is 0.0455. The van der Waals surface area contributed by atoms with Crippen molar-refractivity contribution in [2.45, 2.75) is 123 Å². The number of nitrogens with one attached hydrogen (secondary N) is 2. The van der Waals surface area contributed by atoms with Gasteiger partial charge >= 0.3 is 5.97 Å². The van der Waals surface area contributed by atoms with Crippen molar-refractivity contribution in [3.05, 3.63) is 53.6 Å². The molecule has 6 fully saturated rings. The van der Waals surface area contributed by atoms with Crippen molar-refractivity contribution >= 4 is 11.5 Å². The number of benzene rings is 1. The Balaban J connectivity index is 1.07. The fraction of sp³-hybridized carbons (Fsp3) is 0.744. The monoisotopic (exact) mass is 653 g/mol. The van der Waals surface area contributed by atoms with Crippen molar-refractivity contribution in [1.29, 1.82) is 0 Å². The Labute approximate surface area is 290 Å². The molecule has 11 atom stereocenters. The number of piperazine rings is 1. The first-order chi connectivity index (χ1) is 22.7. The second kappa shape index (κ2) is 11.3. The highest BCUT2D eigenvalue weighted by molar-refractivity contribution is 5.88. The van der Waals surface area contributed by atoms with Gasteiger partial charge in [0.05, 0.1) is 5.56 Å². The van der Waals surface area contributed by atoms with E-state index in [2.05, 4.69) is 69.7 Å². The molecule has 7 aliphatic rings. The van der Waals surface area contributed by atoms with Gasteiger partial charge in [-0.15, -0.1) is 0 Å². The number of likely N-dealkylation sites (tertiary alicyclic amines) is 1. The molecule has 4 saturated carbocycles. The summed E-state index contributed by atoms with van der Waals surface area (Å²) in [6, 6.07) is 9.15. The van der Waals surface area contributed by atoms with Gasteiger partial charge in [0, 0.05) is 43.8 Å². The molecule has 5 aliphatic carbocycles. The Kier molecular flexibility index (Phi) is 7.80. The fourth-order valence-electron chi connectivity index (χ4n) is 14.7. The van der Waals surface area contributed by atoms with Crippen molar-refractivity contribution in [2.24, 2.45) is 51.2 Å². The molecule has 2 saturated heterocycles. The Bertz CT molecular complexity index is 1500. The molecule has 0 amide bonds. The van der Waals surface area contributed by atoms with Crippen LogP contribution in [-0.4, -0.2) is 59.8 Å². The second-order valence-electron chi connectivity index (χ2n) is 19.2. The first kappa shape index (κ1) is 33.2. The number of aromatic carboxylic acids is 1. The van der Waals surface area contributed by atoms with Crippen molar-refractivity contribution in [2.75, 3.05) is 26.2 Å². The standard InChI is InChI=1S/C43H63N3O2/c1-27(2)32-14-19-43(45-22-23-46-26-30-24-31(46)25-44-30)21-20-41(6)34(37(32)43)12-13-36-40(5)17-15-33(28-8-10-29(11-9-28)38(47)48)39(3,4)35(40)16-18-42(36,41)7/h8-11,15,30-32,34-37,44-45H,1,12-14,16-26H2,2-7H3,(H,47,48)/t30-,31+,32-,34+,35-,36+,37+,40-,41+,42+,43-/m0/s1. The summed E-state index contributed by atoms with van der Waals surface area (Å²) in [5.74, 6) is 2.60. The molecule has 48 heavy (non-hydrogen) atoms. The van der Waals surface area contributed by atoms with Gasteiger partial charge in [0.2, 0.25) is 0 Å². The van der Waals surface area contributed by atoms with E-state index in [9.17, 15) is 9.90 Å². The lowest BCUT2D eigenvalue weighted by Crippen LogP contribution is -2.68. The lowest BCUT2D eigenvalue weighted by atomic mass is 9.33. The molecule has 8 rings (SSSR count). The minimum atomic E-state index is -0.851. The zero-order valence-electron chi connectivity index (χ0n) is 30.8. The van der Waals surface area contributed by atoms with Gasteiger partial charge < -0.3 is 15.7 Å². The minimum Gasteiger partial charge on any atom is -0.478 e. The first-order valence-corrected chi connectivity index (χ1v) is 19.7. The van der Waals surface area contributed by atoms with Crippen molar-refractivity contribution in [1.82, 2.24) is 15.5 Å². The van der Waals surface area contributed by atoms with Crippen LogP contribution in [0, 0.1) is 51.2 Å². The molecule has 0 radical (unpaired) electrons. The summed E-state index contributed by atoms with van der Waals surface area (Å²) in [5.41, 5.74) is 5.70. The third-order valence-corrected chi connectivity index (χ3v) is 17.1. The summed E-state index contributed by atoms with van der Waals surface area (Å²) in [6.07, 6.45) is 15.7. The number of allylic oxidation sites excluding steroid dienone is 3. The van der Waals surface area contributed by atoms with Gasteiger partial charge in [0.15, 0.2) is 0 Å². The molecule has 2 aliphatic heterocycles. The zero-order chi connectivity index (χ0) is 33.9. The number of nitrogens with zero attached hydrogens (tertiary/aromatic N) is 1. The highest BCUT2D eigenvalue weighted by Crippen LogP contribution is 2.76. The van der Waals surface area contributed by atoms with Crippen LogP contribution in [0.4, 0.5) is 0 Å². The largest absolute Gasteiger partial charge is 0.478 e. The van der Waals surface area contributed by atoms with Gasteiger partial charge in [0.25, 0.3) is 0 Å². The molecule has 5 heteroatoms. The summed E-state index contributed by atoms with van der Waals surface area (Å²) in [6.45, 7) is 24.9. The van der Waals surface area contributed by atoms with Gasteiger partial charge in [-0.05, 0) is 146 Å². The van der Waals surface area contributed by atoms with Crippen LogP contribution in [-0.2, 0) is 0 Å². The van der Waals surface area contributed by atoms with Crippen molar-refractivity contribution in [3.8, 4) is 0 Å². The highest BCUT2D eigenvalue weighted by atomic mass is 16.4. The van der Waals surface area contributed by atoms with Crippen LogP contribution in [0.3, 0.4) is 0 Å². The van der Waals surface area contributed by atoms with E-state index in [4.69, 9.17) is 0 Å². The van der Waals surface area contributed by atoms with E-state index in [0.29, 0.717) is 34.1 Å². The van der Waals surface area contributed by atoms with E-state index in [0.717, 1.165) is 36.9 Å². The summed E-state index contributed by atoms with van der Waals surface area (Å²) in [7, 11) is 0. The van der Waals surface area contributed by atoms with E-state index in [1.54, 1.807) is 12.1 Å². The number of carbonyl (C=O) groups is 1. The van der Waals surface area contributed by atoms with Gasteiger partial charge in [-0.3, -0.25) is 4.90 Å². The van der Waals surface area contributed by atoms with Crippen LogP contribution < -0.4 is 10.6 Å². The van der Waals surface area contributed by atoms with Gasteiger partial charge in [-0.25, -0.2) is 4.79 Å². The summed E-state index contributed by atoms with van der Waals surface area (Å²) in [4.78, 5) is 14.3. The molecule has 0 spiro atoms. The fourth-order valence-corrected chi connectivity index (χ4v) is 14.7. The maximum absolute atomic E-state index is 11.6. The maximum Gasteiger partial charge on any atom is 0.335 e.